The Hall–Kier alpha value is -0.930. The number of rotatable bonds is 5. The number of halogens is 1. The molecule has 1 N–H and O–H groups in total. The standard InChI is InChI=1S/C18H29FN2/c1-13(2)12-21-9-7-17(8-10-21)20-15(4)16-6-5-14(3)18(19)11-16/h5-6,11,13,15,17,20H,7-10,12H2,1-4H3. The molecule has 2 nitrogen and oxygen atoms in total. The molecule has 0 radical (unpaired) electrons. The summed E-state index contributed by atoms with van der Waals surface area (Å²) in [6, 6.07) is 6.33. The Bertz CT molecular complexity index is 451. The topological polar surface area (TPSA) is 15.3 Å². The predicted octanol–water partition coefficient (Wildman–Crippen LogP) is 3.91. The van der Waals surface area contributed by atoms with Gasteiger partial charge in [0.1, 0.15) is 5.82 Å². The van der Waals surface area contributed by atoms with Crippen LogP contribution in [0.4, 0.5) is 4.39 Å². The van der Waals surface area contributed by atoms with Crippen LogP contribution in [-0.2, 0) is 0 Å². The van der Waals surface area contributed by atoms with Crippen molar-refractivity contribution in [2.45, 2.75) is 52.6 Å². The van der Waals surface area contributed by atoms with E-state index in [0.29, 0.717) is 11.6 Å². The zero-order chi connectivity index (χ0) is 15.4. The minimum Gasteiger partial charge on any atom is -0.307 e. The number of likely N-dealkylation sites (tertiary alicyclic amines) is 1. The number of nitrogens with zero attached hydrogens (tertiary/aromatic N) is 1. The highest BCUT2D eigenvalue weighted by Crippen LogP contribution is 2.20. The van der Waals surface area contributed by atoms with Crippen LogP contribution in [0.1, 0.15) is 50.8 Å². The first kappa shape index (κ1) is 16.4. The van der Waals surface area contributed by atoms with Crippen LogP contribution in [0.25, 0.3) is 0 Å². The van der Waals surface area contributed by atoms with Gasteiger partial charge in [-0.25, -0.2) is 4.39 Å². The van der Waals surface area contributed by atoms with E-state index in [1.54, 1.807) is 6.07 Å². The molecule has 2 rings (SSSR count). The van der Waals surface area contributed by atoms with E-state index in [1.807, 2.05) is 19.1 Å². The number of hydrogen-bond acceptors (Lipinski definition) is 2. The number of nitrogens with one attached hydrogen (secondary N) is 1. The second kappa shape index (κ2) is 7.37. The first-order valence-corrected chi connectivity index (χ1v) is 8.20. The van der Waals surface area contributed by atoms with Crippen molar-refractivity contribution in [1.82, 2.24) is 10.2 Å². The molecule has 3 heteroatoms. The van der Waals surface area contributed by atoms with Gasteiger partial charge in [-0.3, -0.25) is 0 Å². The number of benzene rings is 1. The lowest BCUT2D eigenvalue weighted by Crippen LogP contribution is -2.44. The van der Waals surface area contributed by atoms with Gasteiger partial charge in [-0.05, 0) is 62.9 Å². The lowest BCUT2D eigenvalue weighted by Gasteiger charge is -2.34. The third-order valence-electron chi connectivity index (χ3n) is 4.39. The molecule has 1 fully saturated rings. The van der Waals surface area contributed by atoms with Crippen molar-refractivity contribution in [2.75, 3.05) is 19.6 Å². The van der Waals surface area contributed by atoms with Gasteiger partial charge in [-0.15, -0.1) is 0 Å². The fraction of sp³-hybridized carbons (Fsp3) is 0.667. The van der Waals surface area contributed by atoms with Crippen molar-refractivity contribution < 1.29 is 4.39 Å². The summed E-state index contributed by atoms with van der Waals surface area (Å²) in [5, 5.41) is 3.66. The minimum absolute atomic E-state index is 0.104. The Morgan fingerprint density at radius 3 is 2.48 bits per heavy atom. The molecule has 1 unspecified atom stereocenters. The zero-order valence-electron chi connectivity index (χ0n) is 13.8. The van der Waals surface area contributed by atoms with Gasteiger partial charge in [0.15, 0.2) is 0 Å². The van der Waals surface area contributed by atoms with Crippen molar-refractivity contribution in [3.05, 3.63) is 35.1 Å². The Labute approximate surface area is 128 Å². The van der Waals surface area contributed by atoms with E-state index in [9.17, 15) is 4.39 Å². The molecule has 0 amide bonds. The van der Waals surface area contributed by atoms with E-state index in [1.165, 1.54) is 32.5 Å². The monoisotopic (exact) mass is 292 g/mol. The fourth-order valence-electron chi connectivity index (χ4n) is 3.13. The molecule has 0 aromatic heterocycles. The lowest BCUT2D eigenvalue weighted by atomic mass is 10.00. The largest absolute Gasteiger partial charge is 0.307 e. The zero-order valence-corrected chi connectivity index (χ0v) is 13.8. The fourth-order valence-corrected chi connectivity index (χ4v) is 3.13. The maximum Gasteiger partial charge on any atom is 0.126 e. The van der Waals surface area contributed by atoms with E-state index in [-0.39, 0.29) is 11.9 Å². The SMILES string of the molecule is Cc1ccc(C(C)NC2CCN(CC(C)C)CC2)cc1F. The molecule has 1 heterocycles. The van der Waals surface area contributed by atoms with Crippen LogP contribution in [0.15, 0.2) is 18.2 Å². The Morgan fingerprint density at radius 1 is 1.24 bits per heavy atom. The molecule has 118 valence electrons. The summed E-state index contributed by atoms with van der Waals surface area (Å²) in [7, 11) is 0. The maximum absolute atomic E-state index is 13.7. The molecule has 0 saturated carbocycles. The summed E-state index contributed by atoms with van der Waals surface area (Å²) in [5.41, 5.74) is 1.76. The first-order chi connectivity index (χ1) is 9.95. The summed E-state index contributed by atoms with van der Waals surface area (Å²) in [4.78, 5) is 2.55. The van der Waals surface area contributed by atoms with E-state index in [2.05, 4.69) is 31.0 Å². The van der Waals surface area contributed by atoms with Gasteiger partial charge in [0.05, 0.1) is 0 Å². The van der Waals surface area contributed by atoms with Crippen LogP contribution in [0, 0.1) is 18.7 Å². The van der Waals surface area contributed by atoms with Gasteiger partial charge in [0, 0.05) is 18.6 Å². The smallest absolute Gasteiger partial charge is 0.126 e. The second-order valence-corrected chi connectivity index (χ2v) is 6.87. The van der Waals surface area contributed by atoms with Crippen LogP contribution >= 0.6 is 0 Å². The molecule has 1 aliphatic rings. The predicted molar refractivity (Wildman–Crippen MR) is 87.0 cm³/mol. The lowest BCUT2D eigenvalue weighted by molar-refractivity contribution is 0.175. The second-order valence-electron chi connectivity index (χ2n) is 6.87. The Morgan fingerprint density at radius 2 is 1.90 bits per heavy atom. The third kappa shape index (κ3) is 4.79. The third-order valence-corrected chi connectivity index (χ3v) is 4.39. The minimum atomic E-state index is -0.104. The van der Waals surface area contributed by atoms with Crippen LogP contribution in [0.5, 0.6) is 0 Å². The van der Waals surface area contributed by atoms with E-state index < -0.39 is 0 Å². The highest BCUT2D eigenvalue weighted by molar-refractivity contribution is 5.25. The molecule has 1 atom stereocenters. The quantitative estimate of drug-likeness (QED) is 0.885. The summed E-state index contributed by atoms with van der Waals surface area (Å²) in [6.45, 7) is 12.0. The van der Waals surface area contributed by atoms with Gasteiger partial charge in [0.2, 0.25) is 0 Å². The molecule has 1 saturated heterocycles. The van der Waals surface area contributed by atoms with E-state index >= 15 is 0 Å². The molecular weight excluding hydrogens is 263 g/mol. The van der Waals surface area contributed by atoms with Crippen LogP contribution in [0.3, 0.4) is 0 Å². The molecule has 21 heavy (non-hydrogen) atoms. The average Bonchev–Trinajstić information content (AvgIpc) is 2.43. The van der Waals surface area contributed by atoms with Gasteiger partial charge >= 0.3 is 0 Å². The van der Waals surface area contributed by atoms with Crippen molar-refractivity contribution >= 4 is 0 Å². The molecule has 0 spiro atoms. The molecular formula is C18H29FN2. The van der Waals surface area contributed by atoms with E-state index in [0.717, 1.165) is 11.5 Å². The van der Waals surface area contributed by atoms with Crippen LogP contribution in [0.2, 0.25) is 0 Å². The molecule has 1 aromatic carbocycles. The highest BCUT2D eigenvalue weighted by atomic mass is 19.1. The Balaban J connectivity index is 1.84. The normalized spacial score (nSPS) is 19.1. The first-order valence-electron chi connectivity index (χ1n) is 8.20. The molecule has 0 bridgehead atoms. The number of aryl methyl sites for hydroxylation is 1. The molecule has 0 aliphatic carbocycles. The average molecular weight is 292 g/mol. The van der Waals surface area contributed by atoms with Gasteiger partial charge in [-0.1, -0.05) is 26.0 Å². The molecule has 1 aliphatic heterocycles. The number of hydrogen-bond donors (Lipinski definition) is 1. The van der Waals surface area contributed by atoms with Gasteiger partial charge in [-0.2, -0.15) is 0 Å². The summed E-state index contributed by atoms with van der Waals surface area (Å²) < 4.78 is 13.7. The van der Waals surface area contributed by atoms with E-state index in [4.69, 9.17) is 0 Å². The Kier molecular flexibility index (Phi) is 5.77. The van der Waals surface area contributed by atoms with Gasteiger partial charge in [0.25, 0.3) is 0 Å². The number of piperidine rings is 1. The maximum atomic E-state index is 13.7. The van der Waals surface area contributed by atoms with Crippen molar-refractivity contribution in [2.24, 2.45) is 5.92 Å². The van der Waals surface area contributed by atoms with Crippen molar-refractivity contribution in [3.8, 4) is 0 Å². The van der Waals surface area contributed by atoms with Gasteiger partial charge < -0.3 is 10.2 Å². The van der Waals surface area contributed by atoms with Crippen molar-refractivity contribution in [3.63, 3.8) is 0 Å². The van der Waals surface area contributed by atoms with Crippen LogP contribution < -0.4 is 5.32 Å². The summed E-state index contributed by atoms with van der Waals surface area (Å²) in [6.07, 6.45) is 2.37. The summed E-state index contributed by atoms with van der Waals surface area (Å²) >= 11 is 0. The van der Waals surface area contributed by atoms with Crippen LogP contribution in [-0.4, -0.2) is 30.6 Å². The highest BCUT2D eigenvalue weighted by Gasteiger charge is 2.21. The summed E-state index contributed by atoms with van der Waals surface area (Å²) in [5.74, 6) is 0.636. The van der Waals surface area contributed by atoms with Crippen molar-refractivity contribution in [1.29, 1.82) is 0 Å². The molecule has 1 aromatic rings.